The maximum Gasteiger partial charge on any atom is 0.246 e. The molecule has 49 heavy (non-hydrogen) atoms. The summed E-state index contributed by atoms with van der Waals surface area (Å²) in [5.74, 6) is -3.13. The average Bonchev–Trinajstić information content (AvgIpc) is 3.01. The number of carbonyl (C=O) groups is 5. The Labute approximate surface area is 294 Å². The third-order valence-electron chi connectivity index (χ3n) is 9.11. The zero-order valence-corrected chi connectivity index (χ0v) is 32.3. The molecule has 5 amide bonds. The molecule has 0 aliphatic rings. The number of amides is 5. The van der Waals surface area contributed by atoms with E-state index in [0.717, 1.165) is 0 Å². The van der Waals surface area contributed by atoms with Crippen molar-refractivity contribution in [3.05, 3.63) is 35.9 Å². The second-order valence-electron chi connectivity index (χ2n) is 14.8. The number of nitrogens with one attached hydrogen (secondary N) is 3. The van der Waals surface area contributed by atoms with Crippen LogP contribution in [-0.2, 0) is 24.0 Å². The van der Waals surface area contributed by atoms with E-state index in [9.17, 15) is 29.1 Å². The highest BCUT2D eigenvalue weighted by atomic mass is 16.3. The fourth-order valence-electron chi connectivity index (χ4n) is 6.39. The first-order valence-electron chi connectivity index (χ1n) is 17.5. The molecule has 12 heteroatoms. The summed E-state index contributed by atoms with van der Waals surface area (Å²) < 4.78 is 0. The predicted molar refractivity (Wildman–Crippen MR) is 193 cm³/mol. The molecular weight excluding hydrogens is 624 g/mol. The molecule has 4 N–H and O–H groups in total. The van der Waals surface area contributed by atoms with Gasteiger partial charge in [0.1, 0.15) is 24.2 Å². The maximum absolute atomic E-state index is 14.3. The van der Waals surface area contributed by atoms with Gasteiger partial charge in [-0.25, -0.2) is 0 Å². The van der Waals surface area contributed by atoms with Gasteiger partial charge in [-0.15, -0.1) is 0 Å². The van der Waals surface area contributed by atoms with Crippen LogP contribution in [0.15, 0.2) is 30.3 Å². The lowest BCUT2D eigenvalue weighted by Gasteiger charge is -2.41. The molecule has 0 saturated heterocycles. The molecule has 1 aromatic rings. The number of benzene rings is 1. The summed E-state index contributed by atoms with van der Waals surface area (Å²) in [5.41, 5.74) is 0.663. The van der Waals surface area contributed by atoms with Crippen LogP contribution in [-0.4, -0.2) is 114 Å². The van der Waals surface area contributed by atoms with Crippen LogP contribution in [0.4, 0.5) is 0 Å². The van der Waals surface area contributed by atoms with Gasteiger partial charge in [-0.2, -0.15) is 0 Å². The van der Waals surface area contributed by atoms with E-state index in [1.165, 1.54) is 14.7 Å². The molecule has 0 aromatic heterocycles. The average molecular weight is 689 g/mol. The van der Waals surface area contributed by atoms with E-state index in [4.69, 9.17) is 0 Å². The van der Waals surface area contributed by atoms with E-state index in [2.05, 4.69) is 16.0 Å². The van der Waals surface area contributed by atoms with Gasteiger partial charge >= 0.3 is 0 Å². The summed E-state index contributed by atoms with van der Waals surface area (Å²) in [6.45, 7) is 18.5. The van der Waals surface area contributed by atoms with Crippen LogP contribution < -0.4 is 16.0 Å². The Morgan fingerprint density at radius 3 is 1.39 bits per heavy atom. The zero-order valence-electron chi connectivity index (χ0n) is 32.3. The number of carbonyl (C=O) groups excluding carboxylic acids is 5. The number of hydrogen-bond acceptors (Lipinski definition) is 7. The fourth-order valence-corrected chi connectivity index (χ4v) is 6.39. The molecule has 6 atom stereocenters. The number of likely N-dealkylation sites (N-methyl/N-ethyl adjacent to an activating group) is 4. The van der Waals surface area contributed by atoms with Crippen molar-refractivity contribution in [2.24, 2.45) is 29.6 Å². The summed E-state index contributed by atoms with van der Waals surface area (Å²) in [6.07, 6.45) is -0.914. The molecule has 1 aromatic carbocycles. The van der Waals surface area contributed by atoms with Gasteiger partial charge in [-0.3, -0.25) is 24.0 Å². The van der Waals surface area contributed by atoms with Crippen LogP contribution in [0.25, 0.3) is 0 Å². The van der Waals surface area contributed by atoms with Crippen molar-refractivity contribution in [3.63, 3.8) is 0 Å². The Kier molecular flexibility index (Phi) is 17.4. The molecule has 0 spiro atoms. The number of aliphatic hydroxyl groups is 1. The Morgan fingerprint density at radius 1 is 0.592 bits per heavy atom. The summed E-state index contributed by atoms with van der Waals surface area (Å²) in [4.78, 5) is 73.1. The Bertz CT molecular complexity index is 1240. The number of nitrogens with zero attached hydrogens (tertiary/aromatic N) is 3. The Morgan fingerprint density at radius 2 is 1.00 bits per heavy atom. The molecule has 1 unspecified atom stereocenters. The maximum atomic E-state index is 14.3. The molecule has 12 nitrogen and oxygen atoms in total. The van der Waals surface area contributed by atoms with Crippen molar-refractivity contribution in [1.82, 2.24) is 30.7 Å². The van der Waals surface area contributed by atoms with E-state index in [0.29, 0.717) is 5.56 Å². The Hall–Kier alpha value is -3.51. The lowest BCUT2D eigenvalue weighted by molar-refractivity contribution is -0.155. The van der Waals surface area contributed by atoms with Crippen molar-refractivity contribution in [2.45, 2.75) is 106 Å². The van der Waals surface area contributed by atoms with Crippen LogP contribution >= 0.6 is 0 Å². The summed E-state index contributed by atoms with van der Waals surface area (Å²) in [5, 5.41) is 19.3. The number of aliphatic hydroxyl groups excluding tert-OH is 1. The first kappa shape index (κ1) is 43.5. The van der Waals surface area contributed by atoms with Gasteiger partial charge in [-0.05, 0) is 42.2 Å². The second-order valence-corrected chi connectivity index (χ2v) is 14.8. The van der Waals surface area contributed by atoms with Crippen LogP contribution in [0, 0.1) is 29.6 Å². The molecule has 1 rings (SSSR count). The van der Waals surface area contributed by atoms with Crippen LogP contribution in [0.5, 0.6) is 0 Å². The summed E-state index contributed by atoms with van der Waals surface area (Å²) in [6, 6.07) is 4.90. The molecule has 0 heterocycles. The molecular formula is C37H64N6O6. The topological polar surface area (TPSA) is 151 Å². The van der Waals surface area contributed by atoms with Gasteiger partial charge in [0.15, 0.2) is 0 Å². The highest BCUT2D eigenvalue weighted by molar-refractivity contribution is 5.96. The lowest BCUT2D eigenvalue weighted by Crippen LogP contribution is -2.62. The zero-order chi connectivity index (χ0) is 37.9. The molecule has 0 bridgehead atoms. The van der Waals surface area contributed by atoms with E-state index in [1.54, 1.807) is 52.5 Å². The highest BCUT2D eigenvalue weighted by Gasteiger charge is 2.42. The predicted octanol–water partition coefficient (Wildman–Crippen LogP) is 2.67. The normalized spacial score (nSPS) is 15.4. The fraction of sp³-hybridized carbons (Fsp3) is 0.703. The second kappa shape index (κ2) is 19.6. The monoisotopic (exact) mass is 688 g/mol. The summed E-state index contributed by atoms with van der Waals surface area (Å²) in [7, 11) is 6.35. The van der Waals surface area contributed by atoms with Crippen molar-refractivity contribution < 1.29 is 29.1 Å². The van der Waals surface area contributed by atoms with Crippen molar-refractivity contribution in [1.29, 1.82) is 0 Å². The summed E-state index contributed by atoms with van der Waals surface area (Å²) >= 11 is 0. The quantitative estimate of drug-likeness (QED) is 0.185. The minimum Gasteiger partial charge on any atom is -0.387 e. The van der Waals surface area contributed by atoms with E-state index < -0.39 is 59.9 Å². The van der Waals surface area contributed by atoms with Gasteiger partial charge < -0.3 is 35.8 Å². The van der Waals surface area contributed by atoms with Gasteiger partial charge in [-0.1, -0.05) is 99.6 Å². The van der Waals surface area contributed by atoms with Crippen molar-refractivity contribution in [2.75, 3.05) is 34.7 Å². The van der Waals surface area contributed by atoms with E-state index >= 15 is 0 Å². The minimum atomic E-state index is -0.936. The molecule has 278 valence electrons. The Balaban J connectivity index is 3.29. The standard InChI is InChI=1S/C37H64N6O6/c1-21(2)28(38-11)33(45)40-29(22(3)4)35(47)42(13)31(24(7)8)37(49)43(14)32(25(9)10)36(48)41(12)30(23(5)6)34(46)39-20-27(44)26-18-16-15-17-19-26/h15-19,21-25,27-32,38,44H,20H2,1-14H3,(H,39,46)(H,40,45)/t27?,28-,29-,30-,31-,32-/m0/s1. The van der Waals surface area contributed by atoms with Gasteiger partial charge in [0.05, 0.1) is 12.1 Å². The smallest absolute Gasteiger partial charge is 0.246 e. The third-order valence-corrected chi connectivity index (χ3v) is 9.11. The molecule has 0 radical (unpaired) electrons. The molecule has 0 saturated carbocycles. The molecule has 0 fully saturated rings. The van der Waals surface area contributed by atoms with Gasteiger partial charge in [0.2, 0.25) is 29.5 Å². The number of rotatable bonds is 18. The number of hydrogen-bond donors (Lipinski definition) is 4. The lowest BCUT2D eigenvalue weighted by atomic mass is 9.94. The largest absolute Gasteiger partial charge is 0.387 e. The van der Waals surface area contributed by atoms with E-state index in [1.807, 2.05) is 75.3 Å². The third kappa shape index (κ3) is 11.5. The first-order chi connectivity index (χ1) is 22.7. The van der Waals surface area contributed by atoms with Crippen LogP contribution in [0.2, 0.25) is 0 Å². The van der Waals surface area contributed by atoms with Crippen molar-refractivity contribution in [3.8, 4) is 0 Å². The highest BCUT2D eigenvalue weighted by Crippen LogP contribution is 2.22. The van der Waals surface area contributed by atoms with Gasteiger partial charge in [0, 0.05) is 27.7 Å². The SMILES string of the molecule is CN[C@H](C(=O)N[C@H](C(=O)N(C)[C@H](C(=O)N(C)[C@H](C(=O)N(C)[C@H](C(=O)NCC(O)c1ccccc1)C(C)C)C(C)C)C(C)C)C(C)C)C(C)C. The van der Waals surface area contributed by atoms with E-state index in [-0.39, 0.29) is 42.0 Å². The molecule has 0 aliphatic carbocycles. The minimum absolute atomic E-state index is 0.00447. The molecule has 0 aliphatic heterocycles. The van der Waals surface area contributed by atoms with Crippen LogP contribution in [0.1, 0.15) is 80.9 Å². The first-order valence-corrected chi connectivity index (χ1v) is 17.5. The van der Waals surface area contributed by atoms with Crippen molar-refractivity contribution >= 4 is 29.5 Å². The van der Waals surface area contributed by atoms with Crippen LogP contribution in [0.3, 0.4) is 0 Å². The van der Waals surface area contributed by atoms with Gasteiger partial charge in [0.25, 0.3) is 0 Å².